The summed E-state index contributed by atoms with van der Waals surface area (Å²) < 4.78 is 0. The average molecular weight is 299 g/mol. The van der Waals surface area contributed by atoms with E-state index in [2.05, 4.69) is 28.3 Å². The van der Waals surface area contributed by atoms with Gasteiger partial charge >= 0.3 is 0 Å². The predicted octanol–water partition coefficient (Wildman–Crippen LogP) is 3.23. The van der Waals surface area contributed by atoms with Crippen LogP contribution in [0.15, 0.2) is 42.0 Å². The van der Waals surface area contributed by atoms with Crippen LogP contribution in [0, 0.1) is 0 Å². The Morgan fingerprint density at radius 1 is 1.19 bits per heavy atom. The lowest BCUT2D eigenvalue weighted by molar-refractivity contribution is 0.280. The maximum atomic E-state index is 9.39. The summed E-state index contributed by atoms with van der Waals surface area (Å²) in [5.74, 6) is 0.871. The molecule has 21 heavy (non-hydrogen) atoms. The molecule has 0 bridgehead atoms. The van der Waals surface area contributed by atoms with E-state index in [-0.39, 0.29) is 12.6 Å². The zero-order valence-corrected chi connectivity index (χ0v) is 12.6. The molecule has 0 radical (unpaired) electrons. The number of aromatic nitrogens is 2. The molecule has 0 fully saturated rings. The third-order valence-corrected chi connectivity index (χ3v) is 4.28. The van der Waals surface area contributed by atoms with Gasteiger partial charge in [0.25, 0.3) is 0 Å². The summed E-state index contributed by atoms with van der Waals surface area (Å²) in [4.78, 5) is 9.59. The molecule has 2 aromatic heterocycles. The van der Waals surface area contributed by atoms with Crippen molar-refractivity contribution in [3.8, 4) is 0 Å². The van der Waals surface area contributed by atoms with Gasteiger partial charge in [0.1, 0.15) is 17.0 Å². The molecule has 2 heterocycles. The van der Waals surface area contributed by atoms with Gasteiger partial charge in [-0.25, -0.2) is 9.97 Å². The third-order valence-electron chi connectivity index (χ3n) is 3.46. The van der Waals surface area contributed by atoms with Crippen LogP contribution in [-0.4, -0.2) is 21.1 Å². The Balaban J connectivity index is 1.77. The Hall–Kier alpha value is -1.98. The SMILES string of the molecule is CC(Cc1ccccc1CO)Nc1ncnc2sccc12. The third kappa shape index (κ3) is 3.04. The van der Waals surface area contributed by atoms with Crippen LogP contribution in [0.3, 0.4) is 0 Å². The quantitative estimate of drug-likeness (QED) is 0.759. The number of hydrogen-bond acceptors (Lipinski definition) is 5. The van der Waals surface area contributed by atoms with Crippen molar-refractivity contribution in [1.29, 1.82) is 0 Å². The number of aliphatic hydroxyl groups is 1. The first-order valence-corrected chi connectivity index (χ1v) is 7.78. The fourth-order valence-electron chi connectivity index (χ4n) is 2.43. The average Bonchev–Trinajstić information content (AvgIpc) is 2.97. The summed E-state index contributed by atoms with van der Waals surface area (Å²) in [6.07, 6.45) is 2.43. The fraction of sp³-hybridized carbons (Fsp3) is 0.250. The number of benzene rings is 1. The van der Waals surface area contributed by atoms with Crippen LogP contribution in [0.5, 0.6) is 0 Å². The highest BCUT2D eigenvalue weighted by atomic mass is 32.1. The lowest BCUT2D eigenvalue weighted by Gasteiger charge is -2.16. The number of nitrogens with zero attached hydrogens (tertiary/aromatic N) is 2. The molecule has 0 saturated carbocycles. The van der Waals surface area contributed by atoms with Gasteiger partial charge in [0.2, 0.25) is 0 Å². The molecule has 5 heteroatoms. The van der Waals surface area contributed by atoms with Gasteiger partial charge in [0, 0.05) is 6.04 Å². The van der Waals surface area contributed by atoms with Crippen molar-refractivity contribution in [2.75, 3.05) is 5.32 Å². The predicted molar refractivity (Wildman–Crippen MR) is 86.6 cm³/mol. The number of thiophene rings is 1. The maximum absolute atomic E-state index is 9.39. The van der Waals surface area contributed by atoms with E-state index in [0.29, 0.717) is 0 Å². The zero-order valence-electron chi connectivity index (χ0n) is 11.8. The van der Waals surface area contributed by atoms with Crippen molar-refractivity contribution < 1.29 is 5.11 Å². The van der Waals surface area contributed by atoms with Gasteiger partial charge in [-0.1, -0.05) is 24.3 Å². The van der Waals surface area contributed by atoms with Crippen LogP contribution < -0.4 is 5.32 Å². The molecule has 0 aliphatic rings. The smallest absolute Gasteiger partial charge is 0.138 e. The van der Waals surface area contributed by atoms with Crippen LogP contribution in [0.2, 0.25) is 0 Å². The Kier molecular flexibility index (Phi) is 4.13. The van der Waals surface area contributed by atoms with Crippen molar-refractivity contribution in [3.05, 3.63) is 53.2 Å². The summed E-state index contributed by atoms with van der Waals surface area (Å²) in [7, 11) is 0. The lowest BCUT2D eigenvalue weighted by Crippen LogP contribution is -2.19. The maximum Gasteiger partial charge on any atom is 0.138 e. The first-order chi connectivity index (χ1) is 10.3. The molecule has 1 aromatic carbocycles. The van der Waals surface area contributed by atoms with E-state index >= 15 is 0 Å². The van der Waals surface area contributed by atoms with Gasteiger partial charge in [-0.3, -0.25) is 0 Å². The standard InChI is InChI=1S/C16H17N3OS/c1-11(8-12-4-2-3-5-13(12)9-20)19-15-14-6-7-21-16(14)18-10-17-15/h2-7,10-11,20H,8-9H2,1H3,(H,17,18,19). The van der Waals surface area contributed by atoms with Crippen molar-refractivity contribution in [1.82, 2.24) is 9.97 Å². The van der Waals surface area contributed by atoms with Gasteiger partial charge in [0.15, 0.2) is 0 Å². The molecule has 0 amide bonds. The number of fused-ring (bicyclic) bond motifs is 1. The highest BCUT2D eigenvalue weighted by Gasteiger charge is 2.10. The minimum absolute atomic E-state index is 0.0746. The van der Waals surface area contributed by atoms with Crippen molar-refractivity contribution in [2.24, 2.45) is 0 Å². The van der Waals surface area contributed by atoms with Crippen LogP contribution in [-0.2, 0) is 13.0 Å². The largest absolute Gasteiger partial charge is 0.392 e. The fourth-order valence-corrected chi connectivity index (χ4v) is 3.16. The molecule has 1 unspecified atom stereocenters. The van der Waals surface area contributed by atoms with Gasteiger partial charge in [0.05, 0.1) is 12.0 Å². The Bertz CT molecular complexity index is 741. The van der Waals surface area contributed by atoms with Crippen molar-refractivity contribution in [2.45, 2.75) is 26.0 Å². The summed E-state index contributed by atoms with van der Waals surface area (Å²) in [6, 6.07) is 10.2. The van der Waals surface area contributed by atoms with Crippen LogP contribution in [0.25, 0.3) is 10.2 Å². The first-order valence-electron chi connectivity index (χ1n) is 6.90. The van der Waals surface area contributed by atoms with E-state index < -0.39 is 0 Å². The lowest BCUT2D eigenvalue weighted by atomic mass is 10.0. The molecular formula is C16H17N3OS. The highest BCUT2D eigenvalue weighted by Crippen LogP contribution is 2.24. The second-order valence-corrected chi connectivity index (χ2v) is 5.93. The Morgan fingerprint density at radius 3 is 2.81 bits per heavy atom. The molecule has 0 saturated heterocycles. The summed E-state index contributed by atoms with van der Waals surface area (Å²) in [6.45, 7) is 2.19. The molecular weight excluding hydrogens is 282 g/mol. The molecule has 2 N–H and O–H groups in total. The molecule has 1 atom stereocenters. The number of aliphatic hydroxyl groups excluding tert-OH is 1. The summed E-state index contributed by atoms with van der Waals surface area (Å²) >= 11 is 1.61. The normalized spacial score (nSPS) is 12.5. The molecule has 0 aliphatic heterocycles. The number of anilines is 1. The summed E-state index contributed by atoms with van der Waals surface area (Å²) in [5.41, 5.74) is 2.14. The van der Waals surface area contributed by atoms with Crippen molar-refractivity contribution in [3.63, 3.8) is 0 Å². The van der Waals surface area contributed by atoms with Gasteiger partial charge < -0.3 is 10.4 Å². The van der Waals surface area contributed by atoms with Crippen molar-refractivity contribution >= 4 is 27.4 Å². The molecule has 3 rings (SSSR count). The van der Waals surface area contributed by atoms with E-state index in [9.17, 15) is 5.11 Å². The molecule has 0 spiro atoms. The molecule has 4 nitrogen and oxygen atoms in total. The van der Waals surface area contributed by atoms with Gasteiger partial charge in [-0.2, -0.15) is 0 Å². The molecule has 0 aliphatic carbocycles. The van der Waals surface area contributed by atoms with E-state index in [1.807, 2.05) is 29.6 Å². The van der Waals surface area contributed by atoms with E-state index in [1.165, 1.54) is 0 Å². The van der Waals surface area contributed by atoms with Gasteiger partial charge in [-0.15, -0.1) is 11.3 Å². The Morgan fingerprint density at radius 2 is 2.00 bits per heavy atom. The van der Waals surface area contributed by atoms with E-state index in [4.69, 9.17) is 0 Å². The van der Waals surface area contributed by atoms with E-state index in [1.54, 1.807) is 17.7 Å². The number of rotatable bonds is 5. The summed E-state index contributed by atoms with van der Waals surface area (Å²) in [5, 5.41) is 15.9. The molecule has 108 valence electrons. The number of nitrogens with one attached hydrogen (secondary N) is 1. The van der Waals surface area contributed by atoms with Crippen LogP contribution in [0.1, 0.15) is 18.1 Å². The van der Waals surface area contributed by atoms with E-state index in [0.717, 1.165) is 33.6 Å². The Labute approximate surface area is 127 Å². The van der Waals surface area contributed by atoms with Crippen LogP contribution in [0.4, 0.5) is 5.82 Å². The highest BCUT2D eigenvalue weighted by molar-refractivity contribution is 7.16. The van der Waals surface area contributed by atoms with Crippen LogP contribution >= 0.6 is 11.3 Å². The first kappa shape index (κ1) is 14.0. The number of hydrogen-bond donors (Lipinski definition) is 2. The topological polar surface area (TPSA) is 58.0 Å². The second kappa shape index (κ2) is 6.20. The minimum atomic E-state index is 0.0746. The monoisotopic (exact) mass is 299 g/mol. The molecule has 3 aromatic rings. The zero-order chi connectivity index (χ0) is 14.7. The minimum Gasteiger partial charge on any atom is -0.392 e. The second-order valence-electron chi connectivity index (χ2n) is 5.04. The van der Waals surface area contributed by atoms with Gasteiger partial charge in [-0.05, 0) is 35.9 Å².